The molecule has 0 aliphatic carbocycles. The topological polar surface area (TPSA) is 99.0 Å². The molecule has 0 fully saturated rings. The molecule has 8 nitrogen and oxygen atoms in total. The molecule has 0 saturated carbocycles. The number of ether oxygens (including phenoxy) is 1. The molecule has 0 spiro atoms. The summed E-state index contributed by atoms with van der Waals surface area (Å²) < 4.78 is 6.55. The molecule has 9 heteroatoms. The van der Waals surface area contributed by atoms with Gasteiger partial charge < -0.3 is 14.6 Å². The van der Waals surface area contributed by atoms with Crippen LogP contribution < -0.4 is 5.32 Å². The highest BCUT2D eigenvalue weighted by Crippen LogP contribution is 2.24. The van der Waals surface area contributed by atoms with Crippen LogP contribution in [-0.4, -0.2) is 44.5 Å². The van der Waals surface area contributed by atoms with E-state index in [4.69, 9.17) is 0 Å². The van der Waals surface area contributed by atoms with Gasteiger partial charge in [0.15, 0.2) is 11.0 Å². The largest absolute Gasteiger partial charge is 0.464 e. The number of amides is 1. The second kappa shape index (κ2) is 9.14. The first-order valence-electron chi connectivity index (χ1n) is 8.58. The van der Waals surface area contributed by atoms with Gasteiger partial charge in [-0.2, -0.15) is 0 Å². The number of para-hydroxylation sites is 1. The average Bonchev–Trinajstić information content (AvgIpc) is 3.15. The number of carbonyl (C=O) groups excluding carboxylic acids is 2. The molecule has 0 saturated heterocycles. The molecule has 0 radical (unpaired) electrons. The average molecular weight is 397 g/mol. The Kier molecular flexibility index (Phi) is 6.38. The maximum atomic E-state index is 12.1. The number of benzene rings is 1. The zero-order valence-corrected chi connectivity index (χ0v) is 16.3. The highest BCUT2D eigenvalue weighted by Gasteiger charge is 2.16. The van der Waals surface area contributed by atoms with E-state index in [2.05, 4.69) is 25.2 Å². The van der Waals surface area contributed by atoms with Crippen LogP contribution in [0.5, 0.6) is 0 Å². The quantitative estimate of drug-likeness (QED) is 0.483. The van der Waals surface area contributed by atoms with Crippen LogP contribution in [0.3, 0.4) is 0 Å². The summed E-state index contributed by atoms with van der Waals surface area (Å²) >= 11 is 1.31. The van der Waals surface area contributed by atoms with Crippen molar-refractivity contribution in [3.8, 4) is 11.4 Å². The summed E-state index contributed by atoms with van der Waals surface area (Å²) in [6.07, 6.45) is 1.55. The van der Waals surface area contributed by atoms with Crippen LogP contribution in [-0.2, 0) is 16.1 Å². The summed E-state index contributed by atoms with van der Waals surface area (Å²) in [7, 11) is 1.31. The van der Waals surface area contributed by atoms with E-state index in [0.29, 0.717) is 17.5 Å². The molecule has 0 aliphatic heterocycles. The van der Waals surface area contributed by atoms with Gasteiger partial charge in [0.05, 0.1) is 12.9 Å². The molecule has 2 heterocycles. The van der Waals surface area contributed by atoms with Crippen LogP contribution in [0.25, 0.3) is 11.4 Å². The lowest BCUT2D eigenvalue weighted by atomic mass is 10.2. The van der Waals surface area contributed by atoms with Crippen molar-refractivity contribution in [2.75, 3.05) is 18.2 Å². The Morgan fingerprint density at radius 3 is 2.57 bits per heavy atom. The molecular weight excluding hydrogens is 378 g/mol. The molecule has 28 heavy (non-hydrogen) atoms. The number of esters is 1. The number of carbonyl (C=O) groups is 2. The van der Waals surface area contributed by atoms with Gasteiger partial charge in [0, 0.05) is 24.0 Å². The van der Waals surface area contributed by atoms with E-state index in [1.807, 2.05) is 41.8 Å². The zero-order valence-electron chi connectivity index (χ0n) is 15.5. The van der Waals surface area contributed by atoms with Crippen molar-refractivity contribution in [1.82, 2.24) is 19.7 Å². The van der Waals surface area contributed by atoms with Crippen LogP contribution in [0.4, 0.5) is 5.69 Å². The molecule has 0 aliphatic rings. The fourth-order valence-electron chi connectivity index (χ4n) is 2.49. The van der Waals surface area contributed by atoms with Gasteiger partial charge in [0.2, 0.25) is 5.91 Å². The van der Waals surface area contributed by atoms with E-state index in [-0.39, 0.29) is 17.4 Å². The fraction of sp³-hybridized carbons (Fsp3) is 0.211. The number of hydrogen-bond donors (Lipinski definition) is 1. The van der Waals surface area contributed by atoms with Crippen LogP contribution in [0.1, 0.15) is 17.4 Å². The molecule has 144 valence electrons. The van der Waals surface area contributed by atoms with Gasteiger partial charge >= 0.3 is 5.97 Å². The van der Waals surface area contributed by atoms with Gasteiger partial charge in [-0.05, 0) is 31.2 Å². The molecule has 0 atom stereocenters. The highest BCUT2D eigenvalue weighted by molar-refractivity contribution is 7.99. The summed E-state index contributed by atoms with van der Waals surface area (Å²) in [4.78, 5) is 27.8. The van der Waals surface area contributed by atoms with E-state index in [9.17, 15) is 9.59 Å². The number of rotatable bonds is 7. The van der Waals surface area contributed by atoms with Gasteiger partial charge in [0.1, 0.15) is 5.69 Å². The predicted octanol–water partition coefficient (Wildman–Crippen LogP) is 2.88. The standard InChI is InChI=1S/C19H19N5O3S/c1-3-24-17(13-9-10-15(20-11-13)18(26)27-2)22-23-19(24)28-12-16(25)21-14-7-5-4-6-8-14/h4-11H,3,12H2,1-2H3,(H,21,25). The molecule has 1 amide bonds. The van der Waals surface area contributed by atoms with Gasteiger partial charge in [-0.25, -0.2) is 9.78 Å². The normalized spacial score (nSPS) is 10.5. The smallest absolute Gasteiger partial charge is 0.356 e. The molecule has 0 unspecified atom stereocenters. The molecule has 3 aromatic rings. The minimum Gasteiger partial charge on any atom is -0.464 e. The minimum atomic E-state index is -0.496. The lowest BCUT2D eigenvalue weighted by Crippen LogP contribution is -2.14. The number of methoxy groups -OCH3 is 1. The summed E-state index contributed by atoms with van der Waals surface area (Å²) in [6.45, 7) is 2.60. The number of aromatic nitrogens is 4. The van der Waals surface area contributed by atoms with E-state index >= 15 is 0 Å². The molecular formula is C19H19N5O3S. The lowest BCUT2D eigenvalue weighted by Gasteiger charge is -2.08. The van der Waals surface area contributed by atoms with Crippen molar-refractivity contribution in [1.29, 1.82) is 0 Å². The third kappa shape index (κ3) is 4.55. The second-order valence-corrected chi connectivity index (χ2v) is 6.62. The van der Waals surface area contributed by atoms with Gasteiger partial charge in [-0.15, -0.1) is 10.2 Å². The number of nitrogens with one attached hydrogen (secondary N) is 1. The van der Waals surface area contributed by atoms with Crippen LogP contribution in [0.15, 0.2) is 53.8 Å². The number of nitrogens with zero attached hydrogens (tertiary/aromatic N) is 4. The Bertz CT molecular complexity index is 957. The third-order valence-electron chi connectivity index (χ3n) is 3.84. The van der Waals surface area contributed by atoms with Crippen LogP contribution in [0.2, 0.25) is 0 Å². The first-order chi connectivity index (χ1) is 13.6. The monoisotopic (exact) mass is 397 g/mol. The Morgan fingerprint density at radius 2 is 1.93 bits per heavy atom. The zero-order chi connectivity index (χ0) is 19.9. The summed E-state index contributed by atoms with van der Waals surface area (Å²) in [5, 5.41) is 11.9. The van der Waals surface area contributed by atoms with Crippen LogP contribution >= 0.6 is 11.8 Å². The van der Waals surface area contributed by atoms with Crippen molar-refractivity contribution >= 4 is 29.3 Å². The Morgan fingerprint density at radius 1 is 1.14 bits per heavy atom. The van der Waals surface area contributed by atoms with E-state index in [1.54, 1.807) is 18.3 Å². The lowest BCUT2D eigenvalue weighted by molar-refractivity contribution is -0.113. The van der Waals surface area contributed by atoms with E-state index < -0.39 is 5.97 Å². The second-order valence-electron chi connectivity index (χ2n) is 5.68. The first kappa shape index (κ1) is 19.6. The highest BCUT2D eigenvalue weighted by atomic mass is 32.2. The van der Waals surface area contributed by atoms with E-state index in [1.165, 1.54) is 18.9 Å². The summed E-state index contributed by atoms with van der Waals surface area (Å²) in [5.41, 5.74) is 1.70. The SMILES string of the molecule is CCn1c(SCC(=O)Nc2ccccc2)nnc1-c1ccc(C(=O)OC)nc1. The number of anilines is 1. The number of pyridine rings is 1. The Balaban J connectivity index is 1.69. The molecule has 1 aromatic carbocycles. The molecule has 0 bridgehead atoms. The number of thioether (sulfide) groups is 1. The molecule has 3 rings (SSSR count). The predicted molar refractivity (Wildman–Crippen MR) is 106 cm³/mol. The van der Waals surface area contributed by atoms with Gasteiger partial charge in [0.25, 0.3) is 0 Å². The van der Waals surface area contributed by atoms with Crippen molar-refractivity contribution in [2.24, 2.45) is 0 Å². The van der Waals surface area contributed by atoms with Crippen LogP contribution in [0, 0.1) is 0 Å². The molecule has 2 aromatic heterocycles. The summed E-state index contributed by atoms with van der Waals surface area (Å²) in [5.74, 6) is 0.223. The van der Waals surface area contributed by atoms with E-state index in [0.717, 1.165) is 11.3 Å². The van der Waals surface area contributed by atoms with Crippen molar-refractivity contribution < 1.29 is 14.3 Å². The number of hydrogen-bond acceptors (Lipinski definition) is 7. The maximum absolute atomic E-state index is 12.1. The first-order valence-corrected chi connectivity index (χ1v) is 9.56. The van der Waals surface area contributed by atoms with Gasteiger partial charge in [-0.1, -0.05) is 30.0 Å². The fourth-order valence-corrected chi connectivity index (χ4v) is 3.30. The minimum absolute atomic E-state index is 0.118. The third-order valence-corrected chi connectivity index (χ3v) is 4.81. The van der Waals surface area contributed by atoms with Crippen molar-refractivity contribution in [3.63, 3.8) is 0 Å². The van der Waals surface area contributed by atoms with Crippen molar-refractivity contribution in [3.05, 3.63) is 54.4 Å². The Hall–Kier alpha value is -3.20. The summed E-state index contributed by atoms with van der Waals surface area (Å²) in [6, 6.07) is 12.6. The van der Waals surface area contributed by atoms with Crippen molar-refractivity contribution in [2.45, 2.75) is 18.6 Å². The van der Waals surface area contributed by atoms with Gasteiger partial charge in [-0.3, -0.25) is 4.79 Å². The Labute approximate surface area is 166 Å². The molecule has 1 N–H and O–H groups in total. The maximum Gasteiger partial charge on any atom is 0.356 e.